The van der Waals surface area contributed by atoms with E-state index in [4.69, 9.17) is 0 Å². The number of carbonyl (C=O) groups excluding carboxylic acids is 2. The van der Waals surface area contributed by atoms with E-state index in [0.717, 1.165) is 0 Å². The average Bonchev–Trinajstić information content (AvgIpc) is 2.28. The van der Waals surface area contributed by atoms with Crippen LogP contribution in [0.4, 0.5) is 22.0 Å². The first-order valence-electron chi connectivity index (χ1n) is 6.77. The zero-order valence-electron chi connectivity index (χ0n) is 13.7. The molecule has 1 heterocycles. The molecule has 23 heavy (non-hydrogen) atoms. The van der Waals surface area contributed by atoms with E-state index in [2.05, 4.69) is 5.32 Å². The fourth-order valence-corrected chi connectivity index (χ4v) is 2.11. The maximum atomic E-state index is 14.3. The molecule has 1 saturated heterocycles. The van der Waals surface area contributed by atoms with Crippen LogP contribution < -0.4 is 5.32 Å². The molecule has 1 fully saturated rings. The summed E-state index contributed by atoms with van der Waals surface area (Å²) in [6.45, 7) is 8.33. The molecule has 1 rings (SSSR count). The number of nitrogens with one attached hydrogen (secondary N) is 1. The first kappa shape index (κ1) is 19.4. The molecule has 0 radical (unpaired) electrons. The third kappa shape index (κ3) is 3.18. The van der Waals surface area contributed by atoms with Crippen LogP contribution in [0.15, 0.2) is 11.5 Å². The molecule has 1 aliphatic heterocycles. The Morgan fingerprint density at radius 2 is 1.52 bits per heavy atom. The minimum atomic E-state index is -5.67. The third-order valence-corrected chi connectivity index (χ3v) is 3.00. The fourth-order valence-electron chi connectivity index (χ4n) is 2.11. The van der Waals surface area contributed by atoms with Crippen molar-refractivity contribution in [3.05, 3.63) is 11.5 Å². The minimum absolute atomic E-state index is 0.318. The fraction of sp³-hybridized carbons (Fsp3) is 0.714. The highest BCUT2D eigenvalue weighted by Gasteiger charge is 2.77. The number of carbonyl (C=O) groups is 2. The van der Waals surface area contributed by atoms with Crippen molar-refractivity contribution in [3.63, 3.8) is 0 Å². The highest BCUT2D eigenvalue weighted by Crippen LogP contribution is 2.53. The van der Waals surface area contributed by atoms with Crippen LogP contribution in [0.3, 0.4) is 0 Å². The summed E-state index contributed by atoms with van der Waals surface area (Å²) >= 11 is 0. The third-order valence-electron chi connectivity index (χ3n) is 3.00. The predicted octanol–water partition coefficient (Wildman–Crippen LogP) is 2.99. The molecule has 1 unspecified atom stereocenters. The zero-order valence-corrected chi connectivity index (χ0v) is 13.7. The van der Waals surface area contributed by atoms with Crippen molar-refractivity contribution in [2.24, 2.45) is 0 Å². The molecule has 1 N–H and O–H groups in total. The van der Waals surface area contributed by atoms with E-state index in [1.807, 2.05) is 0 Å². The maximum absolute atomic E-state index is 14.3. The summed E-state index contributed by atoms with van der Waals surface area (Å²) in [6.07, 6.45) is -5.67. The lowest BCUT2D eigenvalue weighted by Gasteiger charge is -2.52. The molecular weight excluding hydrogens is 323 g/mol. The molecule has 1 atom stereocenters. The topological polar surface area (TPSA) is 49.4 Å². The number of hydrogen-bond donors (Lipinski definition) is 1. The van der Waals surface area contributed by atoms with Crippen LogP contribution in [0.5, 0.6) is 0 Å². The highest BCUT2D eigenvalue weighted by atomic mass is 19.4. The Hall–Kier alpha value is -1.67. The molecule has 0 aromatic rings. The Morgan fingerprint density at radius 3 is 1.83 bits per heavy atom. The van der Waals surface area contributed by atoms with Gasteiger partial charge >= 0.3 is 11.8 Å². The second-order valence-corrected chi connectivity index (χ2v) is 7.33. The van der Waals surface area contributed by atoms with Gasteiger partial charge in [-0.05, 0) is 41.5 Å². The standard InChI is InChI=1S/C14H19F5N2O2/c1-11(2,3)20-9(22)7(15)8-13(16,14(17,18)19)10(23)21(8)12(4,5)6/h1-6H3,(H,20,22)/b8-7-. The molecule has 0 saturated carbocycles. The summed E-state index contributed by atoms with van der Waals surface area (Å²) in [4.78, 5) is 23.8. The zero-order chi connectivity index (χ0) is 18.6. The second-order valence-electron chi connectivity index (χ2n) is 7.33. The summed E-state index contributed by atoms with van der Waals surface area (Å²) in [6, 6.07) is 0. The number of alkyl halides is 4. The SMILES string of the molecule is CC(C)(C)NC(=O)/C(F)=C1/N(C(C)(C)C)C(=O)C1(F)C(F)(F)F. The number of rotatable bonds is 1. The van der Waals surface area contributed by atoms with Crippen LogP contribution in [0.25, 0.3) is 0 Å². The van der Waals surface area contributed by atoms with E-state index in [9.17, 15) is 31.5 Å². The molecular formula is C14H19F5N2O2. The molecule has 2 amide bonds. The lowest BCUT2D eigenvalue weighted by Crippen LogP contribution is -2.73. The number of nitrogens with zero attached hydrogens (tertiary/aromatic N) is 1. The van der Waals surface area contributed by atoms with Crippen LogP contribution in [-0.2, 0) is 9.59 Å². The van der Waals surface area contributed by atoms with E-state index < -0.39 is 46.3 Å². The Bertz CT molecular complexity index is 569. The van der Waals surface area contributed by atoms with Crippen molar-refractivity contribution < 1.29 is 31.5 Å². The van der Waals surface area contributed by atoms with Crippen molar-refractivity contribution in [2.75, 3.05) is 0 Å². The van der Waals surface area contributed by atoms with Crippen LogP contribution in [0, 0.1) is 0 Å². The first-order valence-corrected chi connectivity index (χ1v) is 6.77. The molecule has 0 aromatic heterocycles. The van der Waals surface area contributed by atoms with Crippen molar-refractivity contribution in [1.82, 2.24) is 10.2 Å². The van der Waals surface area contributed by atoms with Gasteiger partial charge in [-0.3, -0.25) is 9.59 Å². The van der Waals surface area contributed by atoms with Gasteiger partial charge < -0.3 is 10.2 Å². The summed E-state index contributed by atoms with van der Waals surface area (Å²) in [5.74, 6) is -5.42. The molecule has 0 spiro atoms. The molecule has 132 valence electrons. The van der Waals surface area contributed by atoms with Gasteiger partial charge in [-0.1, -0.05) is 0 Å². The lowest BCUT2D eigenvalue weighted by atomic mass is 9.82. The van der Waals surface area contributed by atoms with Gasteiger partial charge in [-0.15, -0.1) is 0 Å². The molecule has 9 heteroatoms. The largest absolute Gasteiger partial charge is 0.437 e. The number of hydrogen-bond acceptors (Lipinski definition) is 2. The number of β-lactam (4-membered cyclic amide) rings is 1. The smallest absolute Gasteiger partial charge is 0.345 e. The Morgan fingerprint density at radius 1 is 1.09 bits per heavy atom. The van der Waals surface area contributed by atoms with Crippen molar-refractivity contribution in [1.29, 1.82) is 0 Å². The van der Waals surface area contributed by atoms with E-state index in [1.54, 1.807) is 0 Å². The number of amides is 2. The van der Waals surface area contributed by atoms with Gasteiger partial charge in [0.05, 0.1) is 0 Å². The van der Waals surface area contributed by atoms with E-state index >= 15 is 0 Å². The number of halogens is 5. The molecule has 0 aromatic carbocycles. The Labute approximate surface area is 130 Å². The molecule has 0 aliphatic carbocycles. The van der Waals surface area contributed by atoms with Gasteiger partial charge in [0.1, 0.15) is 5.70 Å². The summed E-state index contributed by atoms with van der Waals surface area (Å²) < 4.78 is 67.4. The minimum Gasteiger partial charge on any atom is -0.345 e. The molecule has 4 nitrogen and oxygen atoms in total. The van der Waals surface area contributed by atoms with Crippen LogP contribution in [0.1, 0.15) is 41.5 Å². The van der Waals surface area contributed by atoms with Gasteiger partial charge in [0.2, 0.25) is 5.83 Å². The first-order chi connectivity index (χ1) is 9.94. The van der Waals surface area contributed by atoms with E-state index in [0.29, 0.717) is 4.90 Å². The molecule has 0 bridgehead atoms. The van der Waals surface area contributed by atoms with E-state index in [1.165, 1.54) is 41.5 Å². The Balaban J connectivity index is 3.48. The van der Waals surface area contributed by atoms with Crippen molar-refractivity contribution in [2.45, 2.75) is 64.5 Å². The normalized spacial score (nSPS) is 25.2. The van der Waals surface area contributed by atoms with Crippen LogP contribution in [0.2, 0.25) is 0 Å². The van der Waals surface area contributed by atoms with Gasteiger partial charge in [-0.25, -0.2) is 4.39 Å². The van der Waals surface area contributed by atoms with Crippen molar-refractivity contribution in [3.8, 4) is 0 Å². The summed E-state index contributed by atoms with van der Waals surface area (Å²) in [5.41, 5.74) is -8.41. The quantitative estimate of drug-likeness (QED) is 0.452. The van der Waals surface area contributed by atoms with Crippen LogP contribution in [-0.4, -0.2) is 39.6 Å². The maximum Gasteiger partial charge on any atom is 0.437 e. The average molecular weight is 342 g/mol. The predicted molar refractivity (Wildman–Crippen MR) is 72.5 cm³/mol. The second kappa shape index (κ2) is 5.17. The van der Waals surface area contributed by atoms with Gasteiger partial charge in [0.15, 0.2) is 0 Å². The van der Waals surface area contributed by atoms with Crippen molar-refractivity contribution >= 4 is 11.8 Å². The lowest BCUT2D eigenvalue weighted by molar-refractivity contribution is -0.247. The van der Waals surface area contributed by atoms with E-state index in [-0.39, 0.29) is 0 Å². The highest BCUT2D eigenvalue weighted by molar-refractivity contribution is 6.04. The summed E-state index contributed by atoms with van der Waals surface area (Å²) in [7, 11) is 0. The monoisotopic (exact) mass is 342 g/mol. The van der Waals surface area contributed by atoms with Crippen LogP contribution >= 0.6 is 0 Å². The Kier molecular flexibility index (Phi) is 4.36. The molecule has 1 aliphatic rings. The van der Waals surface area contributed by atoms with Gasteiger partial charge in [0.25, 0.3) is 11.8 Å². The summed E-state index contributed by atoms with van der Waals surface area (Å²) in [5, 5.41) is 2.10. The number of likely N-dealkylation sites (tertiary alicyclic amines) is 1. The van der Waals surface area contributed by atoms with Gasteiger partial charge in [-0.2, -0.15) is 17.6 Å². The van der Waals surface area contributed by atoms with Gasteiger partial charge in [0, 0.05) is 11.1 Å².